The molecule has 0 amide bonds. The van der Waals surface area contributed by atoms with Gasteiger partial charge in [-0.3, -0.25) is 15.1 Å². The van der Waals surface area contributed by atoms with Crippen molar-refractivity contribution in [1.29, 1.82) is 0 Å². The summed E-state index contributed by atoms with van der Waals surface area (Å²) in [6.45, 7) is 0. The summed E-state index contributed by atoms with van der Waals surface area (Å²) in [6, 6.07) is 19.1. The minimum absolute atomic E-state index is 0.0528. The Balaban J connectivity index is 1.51. The zero-order valence-electron chi connectivity index (χ0n) is 15.0. The number of halogens is 1. The van der Waals surface area contributed by atoms with Crippen molar-refractivity contribution in [1.82, 2.24) is 4.98 Å². The molecule has 29 heavy (non-hydrogen) atoms. The van der Waals surface area contributed by atoms with E-state index < -0.39 is 4.92 Å². The second-order valence-corrected chi connectivity index (χ2v) is 6.60. The molecule has 0 saturated carbocycles. The molecule has 0 aliphatic heterocycles. The van der Waals surface area contributed by atoms with E-state index in [1.54, 1.807) is 42.6 Å². The van der Waals surface area contributed by atoms with Crippen LogP contribution in [-0.4, -0.2) is 16.1 Å². The molecule has 4 rings (SSSR count). The Kier molecular flexibility index (Phi) is 5.18. The fraction of sp³-hybridized carbons (Fsp3) is 0. The van der Waals surface area contributed by atoms with Crippen molar-refractivity contribution in [2.75, 3.05) is 0 Å². The Morgan fingerprint density at radius 2 is 1.90 bits per heavy atom. The topological polar surface area (TPSA) is 81.5 Å². The van der Waals surface area contributed by atoms with Gasteiger partial charge in [-0.15, -0.1) is 0 Å². The third-order valence-corrected chi connectivity index (χ3v) is 4.39. The molecule has 1 aromatic heterocycles. The number of nitrogens with zero attached hydrogens (tertiary/aromatic N) is 3. The normalized spacial score (nSPS) is 11.6. The van der Waals surface area contributed by atoms with Crippen LogP contribution in [0.3, 0.4) is 0 Å². The van der Waals surface area contributed by atoms with E-state index in [1.165, 1.54) is 12.1 Å². The molecule has 0 radical (unpaired) electrons. The zero-order chi connectivity index (χ0) is 20.2. The number of aromatic nitrogens is 1. The SMILES string of the molecule is O=[N+]([O-])c1cccc(/C=C/C=Nc2ccc3oc(-c4ccc(Cl)cc4)nc3c2)c1. The third kappa shape index (κ3) is 4.39. The lowest BCUT2D eigenvalue weighted by Crippen LogP contribution is -1.87. The molecule has 0 saturated heterocycles. The monoisotopic (exact) mass is 403 g/mol. The molecule has 0 aliphatic carbocycles. The van der Waals surface area contributed by atoms with Crippen molar-refractivity contribution >= 4 is 46.4 Å². The largest absolute Gasteiger partial charge is 0.436 e. The van der Waals surface area contributed by atoms with Gasteiger partial charge in [-0.2, -0.15) is 0 Å². The molecule has 142 valence electrons. The van der Waals surface area contributed by atoms with Crippen LogP contribution in [0.1, 0.15) is 5.56 Å². The van der Waals surface area contributed by atoms with E-state index in [9.17, 15) is 10.1 Å². The van der Waals surface area contributed by atoms with Gasteiger partial charge in [0.05, 0.1) is 10.6 Å². The maximum atomic E-state index is 10.8. The molecule has 0 unspecified atom stereocenters. The first kappa shape index (κ1) is 18.6. The standard InChI is InChI=1S/C22H14ClN3O3/c23-17-8-6-16(7-9-17)22-25-20-14-18(10-11-21(20)29-22)24-12-2-4-15-3-1-5-19(13-15)26(27)28/h1-14H/b4-2+,24-12?. The van der Waals surface area contributed by atoms with Crippen molar-refractivity contribution in [2.45, 2.75) is 0 Å². The van der Waals surface area contributed by atoms with Gasteiger partial charge in [0.15, 0.2) is 5.58 Å². The molecule has 1 heterocycles. The number of benzene rings is 3. The van der Waals surface area contributed by atoms with E-state index in [2.05, 4.69) is 9.98 Å². The van der Waals surface area contributed by atoms with Gasteiger partial charge < -0.3 is 4.42 Å². The Bertz CT molecular complexity index is 1240. The van der Waals surface area contributed by atoms with Crippen LogP contribution in [0, 0.1) is 10.1 Å². The van der Waals surface area contributed by atoms with E-state index >= 15 is 0 Å². The Hall–Kier alpha value is -3.77. The van der Waals surface area contributed by atoms with Gasteiger partial charge in [-0.1, -0.05) is 29.8 Å². The van der Waals surface area contributed by atoms with Gasteiger partial charge in [-0.25, -0.2) is 4.98 Å². The van der Waals surface area contributed by atoms with Gasteiger partial charge in [0.2, 0.25) is 5.89 Å². The number of nitro benzene ring substituents is 1. The number of aliphatic imine (C=N–C) groups is 1. The van der Waals surface area contributed by atoms with Crippen LogP contribution in [0.15, 0.2) is 82.2 Å². The molecule has 6 nitrogen and oxygen atoms in total. The molecule has 7 heteroatoms. The highest BCUT2D eigenvalue weighted by Crippen LogP contribution is 2.27. The highest BCUT2D eigenvalue weighted by atomic mass is 35.5. The number of nitro groups is 1. The molecule has 0 spiro atoms. The maximum absolute atomic E-state index is 10.8. The Labute approximate surface area is 170 Å². The van der Waals surface area contributed by atoms with Crippen LogP contribution in [0.4, 0.5) is 11.4 Å². The molecule has 0 aliphatic rings. The minimum atomic E-state index is -0.420. The molecule has 4 aromatic rings. The van der Waals surface area contributed by atoms with Crippen LogP contribution in [-0.2, 0) is 0 Å². The number of hydrogen-bond acceptors (Lipinski definition) is 5. The summed E-state index contributed by atoms with van der Waals surface area (Å²) in [6.07, 6.45) is 5.11. The fourth-order valence-corrected chi connectivity index (χ4v) is 2.86. The average Bonchev–Trinajstić information content (AvgIpc) is 3.15. The Morgan fingerprint density at radius 1 is 1.07 bits per heavy atom. The van der Waals surface area contributed by atoms with Crippen molar-refractivity contribution in [3.63, 3.8) is 0 Å². The lowest BCUT2D eigenvalue weighted by Gasteiger charge is -1.94. The summed E-state index contributed by atoms with van der Waals surface area (Å²) in [4.78, 5) is 19.3. The predicted octanol–water partition coefficient (Wildman–Crippen LogP) is 6.47. The fourth-order valence-electron chi connectivity index (χ4n) is 2.74. The second-order valence-electron chi connectivity index (χ2n) is 6.17. The highest BCUT2D eigenvalue weighted by Gasteiger charge is 2.08. The molecule has 0 fully saturated rings. The van der Waals surface area contributed by atoms with Crippen molar-refractivity contribution < 1.29 is 9.34 Å². The lowest BCUT2D eigenvalue weighted by molar-refractivity contribution is -0.384. The first-order chi connectivity index (χ1) is 14.1. The van der Waals surface area contributed by atoms with Gasteiger partial charge in [0, 0.05) is 28.9 Å². The van der Waals surface area contributed by atoms with E-state index in [0.717, 1.165) is 16.8 Å². The summed E-state index contributed by atoms with van der Waals surface area (Å²) in [7, 11) is 0. The smallest absolute Gasteiger partial charge is 0.270 e. The third-order valence-electron chi connectivity index (χ3n) is 4.14. The van der Waals surface area contributed by atoms with E-state index in [4.69, 9.17) is 16.0 Å². The number of allylic oxidation sites excluding steroid dienone is 1. The molecular weight excluding hydrogens is 390 g/mol. The summed E-state index contributed by atoms with van der Waals surface area (Å²) in [5.74, 6) is 0.517. The highest BCUT2D eigenvalue weighted by molar-refractivity contribution is 6.30. The predicted molar refractivity (Wildman–Crippen MR) is 115 cm³/mol. The quantitative estimate of drug-likeness (QED) is 0.217. The molecule has 0 bridgehead atoms. The van der Waals surface area contributed by atoms with Crippen LogP contribution < -0.4 is 0 Å². The van der Waals surface area contributed by atoms with Gasteiger partial charge in [0.1, 0.15) is 5.52 Å². The number of fused-ring (bicyclic) bond motifs is 1. The molecular formula is C22H14ClN3O3. The van der Waals surface area contributed by atoms with Crippen molar-refractivity contribution in [2.24, 2.45) is 4.99 Å². The second kappa shape index (κ2) is 8.08. The first-order valence-corrected chi connectivity index (χ1v) is 9.08. The van der Waals surface area contributed by atoms with E-state index in [1.807, 2.05) is 30.3 Å². The lowest BCUT2D eigenvalue weighted by atomic mass is 10.2. The van der Waals surface area contributed by atoms with Crippen LogP contribution in [0.25, 0.3) is 28.6 Å². The number of oxazole rings is 1. The van der Waals surface area contributed by atoms with Crippen LogP contribution in [0.2, 0.25) is 5.02 Å². The maximum Gasteiger partial charge on any atom is 0.270 e. The summed E-state index contributed by atoms with van der Waals surface area (Å²) < 4.78 is 5.79. The summed E-state index contributed by atoms with van der Waals surface area (Å²) in [5.41, 5.74) is 3.71. The number of non-ortho nitro benzene ring substituents is 1. The van der Waals surface area contributed by atoms with Crippen LogP contribution >= 0.6 is 11.6 Å². The first-order valence-electron chi connectivity index (χ1n) is 8.70. The van der Waals surface area contributed by atoms with Crippen LogP contribution in [0.5, 0.6) is 0 Å². The van der Waals surface area contributed by atoms with Gasteiger partial charge >= 0.3 is 0 Å². The molecule has 3 aromatic carbocycles. The zero-order valence-corrected chi connectivity index (χ0v) is 15.8. The summed E-state index contributed by atoms with van der Waals surface area (Å²) in [5, 5.41) is 11.5. The van der Waals surface area contributed by atoms with E-state index in [0.29, 0.717) is 22.0 Å². The van der Waals surface area contributed by atoms with Crippen molar-refractivity contribution in [3.05, 3.63) is 93.5 Å². The molecule has 0 N–H and O–H groups in total. The van der Waals surface area contributed by atoms with Crippen molar-refractivity contribution in [3.8, 4) is 11.5 Å². The Morgan fingerprint density at radius 3 is 2.69 bits per heavy atom. The minimum Gasteiger partial charge on any atom is -0.436 e. The molecule has 0 atom stereocenters. The number of hydrogen-bond donors (Lipinski definition) is 0. The van der Waals surface area contributed by atoms with E-state index in [-0.39, 0.29) is 5.69 Å². The van der Waals surface area contributed by atoms with Gasteiger partial charge in [0.25, 0.3) is 5.69 Å². The number of rotatable bonds is 5. The van der Waals surface area contributed by atoms with Gasteiger partial charge in [-0.05, 0) is 54.1 Å². The average molecular weight is 404 g/mol. The summed E-state index contributed by atoms with van der Waals surface area (Å²) >= 11 is 5.92.